The van der Waals surface area contributed by atoms with Crippen LogP contribution in [0.15, 0.2) is 0 Å². The molecule has 1 aliphatic heterocycles. The molecule has 0 aromatic carbocycles. The number of amides is 1. The average molecular weight is 290 g/mol. The lowest BCUT2D eigenvalue weighted by atomic mass is 9.49. The minimum Gasteiger partial charge on any atom is -0.352 e. The molecule has 4 saturated carbocycles. The minimum atomic E-state index is 0.332. The number of carbonyl (C=O) groups is 1. The Hall–Kier alpha value is -0.570. The number of hydrogen-bond donors (Lipinski definition) is 2. The van der Waals surface area contributed by atoms with Gasteiger partial charge in [0.2, 0.25) is 5.91 Å². The number of piperidine rings is 1. The molecule has 0 spiro atoms. The molecule has 5 aliphatic rings. The van der Waals surface area contributed by atoms with Gasteiger partial charge in [-0.25, -0.2) is 0 Å². The first-order valence-corrected chi connectivity index (χ1v) is 9.13. The van der Waals surface area contributed by atoms with Crippen LogP contribution in [0.1, 0.15) is 64.7 Å². The van der Waals surface area contributed by atoms with Crippen molar-refractivity contribution in [1.82, 2.24) is 10.6 Å². The minimum absolute atomic E-state index is 0.332. The second-order valence-corrected chi connectivity index (χ2v) is 8.75. The summed E-state index contributed by atoms with van der Waals surface area (Å²) in [5.41, 5.74) is 0.383. The lowest BCUT2D eigenvalue weighted by Crippen LogP contribution is -2.51. The zero-order valence-electron chi connectivity index (χ0n) is 13.4. The van der Waals surface area contributed by atoms with Crippen LogP contribution in [-0.4, -0.2) is 24.5 Å². The lowest BCUT2D eigenvalue weighted by Gasteiger charge is -2.56. The largest absolute Gasteiger partial charge is 0.352 e. The second kappa shape index (κ2) is 5.26. The molecule has 0 aromatic heterocycles. The molecule has 4 aliphatic carbocycles. The zero-order valence-corrected chi connectivity index (χ0v) is 13.4. The van der Waals surface area contributed by atoms with Crippen molar-refractivity contribution in [3.63, 3.8) is 0 Å². The van der Waals surface area contributed by atoms with E-state index in [1.807, 2.05) is 0 Å². The Bertz CT molecular complexity index is 376. The fourth-order valence-electron chi connectivity index (χ4n) is 6.25. The first-order valence-electron chi connectivity index (χ1n) is 9.13. The van der Waals surface area contributed by atoms with E-state index in [2.05, 4.69) is 17.6 Å². The Morgan fingerprint density at radius 1 is 1.10 bits per heavy atom. The van der Waals surface area contributed by atoms with E-state index in [0.717, 1.165) is 37.1 Å². The summed E-state index contributed by atoms with van der Waals surface area (Å²) < 4.78 is 0. The summed E-state index contributed by atoms with van der Waals surface area (Å²) in [7, 11) is 0. The summed E-state index contributed by atoms with van der Waals surface area (Å²) in [5, 5.41) is 6.80. The predicted molar refractivity (Wildman–Crippen MR) is 83.9 cm³/mol. The van der Waals surface area contributed by atoms with Crippen LogP contribution in [0.25, 0.3) is 0 Å². The predicted octanol–water partition coefficient (Wildman–Crippen LogP) is 2.85. The van der Waals surface area contributed by atoms with E-state index in [9.17, 15) is 4.79 Å². The van der Waals surface area contributed by atoms with E-state index < -0.39 is 0 Å². The molecule has 21 heavy (non-hydrogen) atoms. The van der Waals surface area contributed by atoms with Gasteiger partial charge < -0.3 is 10.6 Å². The highest BCUT2D eigenvalue weighted by molar-refractivity contribution is 5.77. The second-order valence-electron chi connectivity index (χ2n) is 8.75. The molecule has 118 valence electrons. The van der Waals surface area contributed by atoms with Crippen LogP contribution < -0.4 is 10.6 Å². The van der Waals surface area contributed by atoms with E-state index >= 15 is 0 Å². The Balaban J connectivity index is 1.34. The van der Waals surface area contributed by atoms with Crippen LogP contribution in [0.5, 0.6) is 0 Å². The van der Waals surface area contributed by atoms with Crippen molar-refractivity contribution >= 4 is 5.91 Å². The van der Waals surface area contributed by atoms with Gasteiger partial charge in [0.1, 0.15) is 0 Å². The highest BCUT2D eigenvalue weighted by atomic mass is 16.1. The Kier molecular flexibility index (Phi) is 3.52. The molecule has 1 amide bonds. The molecule has 2 N–H and O–H groups in total. The van der Waals surface area contributed by atoms with E-state index in [4.69, 9.17) is 0 Å². The van der Waals surface area contributed by atoms with Gasteiger partial charge in [-0.15, -0.1) is 0 Å². The first-order chi connectivity index (χ1) is 10.1. The maximum absolute atomic E-state index is 12.5. The summed E-state index contributed by atoms with van der Waals surface area (Å²) in [6.45, 7) is 3.18. The van der Waals surface area contributed by atoms with Crippen LogP contribution >= 0.6 is 0 Å². The molecule has 5 fully saturated rings. The summed E-state index contributed by atoms with van der Waals surface area (Å²) >= 11 is 0. The number of carbonyl (C=O) groups excluding carboxylic acids is 1. The Morgan fingerprint density at radius 3 is 2.24 bits per heavy atom. The molecule has 3 nitrogen and oxygen atoms in total. The Morgan fingerprint density at radius 2 is 1.71 bits per heavy atom. The van der Waals surface area contributed by atoms with Crippen LogP contribution in [0.3, 0.4) is 0 Å². The van der Waals surface area contributed by atoms with Gasteiger partial charge in [0.15, 0.2) is 0 Å². The van der Waals surface area contributed by atoms with Crippen LogP contribution in [0, 0.1) is 23.2 Å². The van der Waals surface area contributed by atoms with Gasteiger partial charge in [0, 0.05) is 25.0 Å². The van der Waals surface area contributed by atoms with E-state index in [0.29, 0.717) is 23.4 Å². The number of nitrogens with one attached hydrogen (secondary N) is 2. The van der Waals surface area contributed by atoms with Crippen LogP contribution in [0.2, 0.25) is 0 Å². The van der Waals surface area contributed by atoms with Gasteiger partial charge >= 0.3 is 0 Å². The molecule has 5 rings (SSSR count). The number of rotatable bonds is 3. The van der Waals surface area contributed by atoms with Crippen molar-refractivity contribution < 1.29 is 4.79 Å². The average Bonchev–Trinajstić information content (AvgIpc) is 2.39. The standard InChI is InChI=1S/C18H30N2O/c1-12-2-3-16(11-19-12)20-17(21)10-18-7-13-4-14(8-18)6-15(5-13)9-18/h12-16,19H,2-11H2,1H3,(H,20,21). The molecular weight excluding hydrogens is 260 g/mol. The summed E-state index contributed by atoms with van der Waals surface area (Å²) in [6, 6.07) is 0.976. The highest BCUT2D eigenvalue weighted by Gasteiger charge is 2.51. The molecule has 0 aromatic rings. The molecule has 0 radical (unpaired) electrons. The monoisotopic (exact) mass is 290 g/mol. The maximum atomic E-state index is 12.5. The van der Waals surface area contributed by atoms with Gasteiger partial charge in [-0.05, 0) is 81.5 Å². The van der Waals surface area contributed by atoms with E-state index in [1.54, 1.807) is 0 Å². The van der Waals surface area contributed by atoms with Gasteiger partial charge in [-0.1, -0.05) is 0 Å². The number of hydrogen-bond acceptors (Lipinski definition) is 2. The van der Waals surface area contributed by atoms with Gasteiger partial charge in [-0.2, -0.15) is 0 Å². The van der Waals surface area contributed by atoms with Gasteiger partial charge in [0.05, 0.1) is 0 Å². The highest BCUT2D eigenvalue weighted by Crippen LogP contribution is 2.61. The van der Waals surface area contributed by atoms with Crippen molar-refractivity contribution in [2.45, 2.75) is 76.8 Å². The van der Waals surface area contributed by atoms with Gasteiger partial charge in [-0.3, -0.25) is 4.79 Å². The molecule has 2 unspecified atom stereocenters. The zero-order chi connectivity index (χ0) is 14.4. The topological polar surface area (TPSA) is 41.1 Å². The smallest absolute Gasteiger partial charge is 0.220 e. The molecule has 1 heterocycles. The third-order valence-corrected chi connectivity index (χ3v) is 6.73. The Labute approximate surface area is 128 Å². The van der Waals surface area contributed by atoms with E-state index in [-0.39, 0.29) is 0 Å². The van der Waals surface area contributed by atoms with Crippen LogP contribution in [-0.2, 0) is 4.79 Å². The van der Waals surface area contributed by atoms with Gasteiger partial charge in [0.25, 0.3) is 0 Å². The SMILES string of the molecule is CC1CCC(NC(=O)CC23CC4CC(CC(C4)C2)C3)CN1. The van der Waals surface area contributed by atoms with Crippen molar-refractivity contribution in [1.29, 1.82) is 0 Å². The fourth-order valence-corrected chi connectivity index (χ4v) is 6.25. The third kappa shape index (κ3) is 2.86. The van der Waals surface area contributed by atoms with Crippen molar-refractivity contribution in [2.75, 3.05) is 6.54 Å². The summed E-state index contributed by atoms with van der Waals surface area (Å²) in [6.07, 6.45) is 11.5. The quantitative estimate of drug-likeness (QED) is 0.839. The molecule has 2 atom stereocenters. The normalized spacial score (nSPS) is 48.3. The molecule has 3 heteroatoms. The first kappa shape index (κ1) is 14.0. The van der Waals surface area contributed by atoms with Crippen molar-refractivity contribution in [3.8, 4) is 0 Å². The van der Waals surface area contributed by atoms with E-state index in [1.165, 1.54) is 44.9 Å². The molecule has 4 bridgehead atoms. The summed E-state index contributed by atoms with van der Waals surface area (Å²) in [5.74, 6) is 3.17. The molecular formula is C18H30N2O. The maximum Gasteiger partial charge on any atom is 0.220 e. The van der Waals surface area contributed by atoms with Crippen LogP contribution in [0.4, 0.5) is 0 Å². The summed E-state index contributed by atoms with van der Waals surface area (Å²) in [4.78, 5) is 12.5. The molecule has 1 saturated heterocycles. The fraction of sp³-hybridized carbons (Fsp3) is 0.944. The lowest BCUT2D eigenvalue weighted by molar-refractivity contribution is -0.130. The third-order valence-electron chi connectivity index (χ3n) is 6.73. The van der Waals surface area contributed by atoms with Crippen molar-refractivity contribution in [2.24, 2.45) is 23.2 Å². The van der Waals surface area contributed by atoms with Crippen molar-refractivity contribution in [3.05, 3.63) is 0 Å².